The molecule has 1 N–H and O–H groups in total. The van der Waals surface area contributed by atoms with Crippen LogP contribution in [0.25, 0.3) is 0 Å². The van der Waals surface area contributed by atoms with Gasteiger partial charge in [-0.25, -0.2) is 4.98 Å². The molecule has 2 aromatic rings. The van der Waals surface area contributed by atoms with Gasteiger partial charge >= 0.3 is 0 Å². The molecule has 0 atom stereocenters. The summed E-state index contributed by atoms with van der Waals surface area (Å²) in [6.07, 6.45) is 2.29. The number of ether oxygens (including phenoxy) is 1. The van der Waals surface area contributed by atoms with Crippen molar-refractivity contribution >= 4 is 34.7 Å². The molecule has 21 heavy (non-hydrogen) atoms. The van der Waals surface area contributed by atoms with Gasteiger partial charge in [-0.2, -0.15) is 5.10 Å². The molecule has 0 amide bonds. The Labute approximate surface area is 133 Å². The maximum absolute atomic E-state index is 6.05. The standard InChI is InChI=1S/C15H15Cl2N3O/c1-3-14(10-4-6-12(21-2)7-5-10)19-20-15-13(17)8-11(16)9-18-15/h4-9H,3H2,1-2H3,(H,18,20)/b19-14-. The van der Waals surface area contributed by atoms with E-state index >= 15 is 0 Å². The second-order valence-electron chi connectivity index (χ2n) is 4.24. The molecule has 0 spiro atoms. The highest BCUT2D eigenvalue weighted by atomic mass is 35.5. The van der Waals surface area contributed by atoms with Gasteiger partial charge in [0.15, 0.2) is 5.82 Å². The van der Waals surface area contributed by atoms with E-state index in [9.17, 15) is 0 Å². The molecule has 6 heteroatoms. The zero-order valence-electron chi connectivity index (χ0n) is 11.7. The molecule has 2 rings (SSSR count). The summed E-state index contributed by atoms with van der Waals surface area (Å²) < 4.78 is 5.14. The van der Waals surface area contributed by atoms with E-state index < -0.39 is 0 Å². The number of hydrazone groups is 1. The highest BCUT2D eigenvalue weighted by Gasteiger charge is 2.05. The molecule has 1 heterocycles. The van der Waals surface area contributed by atoms with E-state index in [-0.39, 0.29) is 0 Å². The number of nitrogens with zero attached hydrogens (tertiary/aromatic N) is 2. The molecule has 0 saturated carbocycles. The van der Waals surface area contributed by atoms with Gasteiger partial charge in [0, 0.05) is 6.20 Å². The normalized spacial score (nSPS) is 11.3. The smallest absolute Gasteiger partial charge is 0.165 e. The number of hydrogen-bond donors (Lipinski definition) is 1. The van der Waals surface area contributed by atoms with Crippen molar-refractivity contribution in [3.8, 4) is 5.75 Å². The molecule has 0 aliphatic carbocycles. The Morgan fingerprint density at radius 1 is 1.29 bits per heavy atom. The summed E-state index contributed by atoms with van der Waals surface area (Å²) in [5, 5.41) is 5.28. The molecular weight excluding hydrogens is 309 g/mol. The third-order valence-corrected chi connectivity index (χ3v) is 3.36. The number of pyridine rings is 1. The van der Waals surface area contributed by atoms with E-state index in [0.29, 0.717) is 15.9 Å². The number of nitrogens with one attached hydrogen (secondary N) is 1. The Hall–Kier alpha value is -1.78. The third-order valence-electron chi connectivity index (χ3n) is 2.86. The van der Waals surface area contributed by atoms with Crippen LogP contribution >= 0.6 is 23.2 Å². The van der Waals surface area contributed by atoms with Gasteiger partial charge in [-0.15, -0.1) is 0 Å². The van der Waals surface area contributed by atoms with Crippen molar-refractivity contribution in [2.75, 3.05) is 12.5 Å². The minimum atomic E-state index is 0.427. The molecule has 1 aromatic carbocycles. The van der Waals surface area contributed by atoms with E-state index in [1.54, 1.807) is 13.2 Å². The Balaban J connectivity index is 2.19. The SMILES string of the molecule is CC/C(=N/Nc1ncc(Cl)cc1Cl)c1ccc(OC)cc1. The van der Waals surface area contributed by atoms with Crippen LogP contribution in [0, 0.1) is 0 Å². The quantitative estimate of drug-likeness (QED) is 0.645. The maximum atomic E-state index is 6.05. The molecule has 0 saturated heterocycles. The van der Waals surface area contributed by atoms with Crippen LogP contribution in [0.3, 0.4) is 0 Å². The van der Waals surface area contributed by atoms with Crippen molar-refractivity contribution in [1.29, 1.82) is 0 Å². The van der Waals surface area contributed by atoms with Crippen molar-refractivity contribution < 1.29 is 4.74 Å². The lowest BCUT2D eigenvalue weighted by molar-refractivity contribution is 0.415. The van der Waals surface area contributed by atoms with Crippen LogP contribution < -0.4 is 10.2 Å². The molecule has 4 nitrogen and oxygen atoms in total. The number of anilines is 1. The van der Waals surface area contributed by atoms with Crippen LogP contribution in [0.15, 0.2) is 41.6 Å². The lowest BCUT2D eigenvalue weighted by Crippen LogP contribution is -2.04. The Bertz CT molecular complexity index is 642. The Kier molecular flexibility index (Phi) is 5.42. The molecule has 0 aliphatic rings. The zero-order valence-corrected chi connectivity index (χ0v) is 13.2. The van der Waals surface area contributed by atoms with Crippen LogP contribution in [-0.4, -0.2) is 17.8 Å². The summed E-state index contributed by atoms with van der Waals surface area (Å²) in [7, 11) is 1.64. The first kappa shape index (κ1) is 15.6. The average molecular weight is 324 g/mol. The van der Waals surface area contributed by atoms with Crippen molar-refractivity contribution in [3.63, 3.8) is 0 Å². The minimum Gasteiger partial charge on any atom is -0.497 e. The Morgan fingerprint density at radius 2 is 2.00 bits per heavy atom. The van der Waals surface area contributed by atoms with E-state index in [2.05, 4.69) is 15.5 Å². The predicted molar refractivity (Wildman–Crippen MR) is 87.7 cm³/mol. The van der Waals surface area contributed by atoms with E-state index in [4.69, 9.17) is 27.9 Å². The number of aromatic nitrogens is 1. The molecular formula is C15H15Cl2N3O. The van der Waals surface area contributed by atoms with Crippen LogP contribution in [0.2, 0.25) is 10.0 Å². The highest BCUT2D eigenvalue weighted by Crippen LogP contribution is 2.22. The van der Waals surface area contributed by atoms with Gasteiger partial charge in [0.1, 0.15) is 5.75 Å². The summed E-state index contributed by atoms with van der Waals surface area (Å²) in [6, 6.07) is 9.33. The molecule has 1 aromatic heterocycles. The average Bonchev–Trinajstić information content (AvgIpc) is 2.50. The van der Waals surface area contributed by atoms with Gasteiger partial charge in [-0.1, -0.05) is 30.1 Å². The molecule has 0 unspecified atom stereocenters. The summed E-state index contributed by atoms with van der Waals surface area (Å²) in [5.41, 5.74) is 4.78. The molecule has 0 radical (unpaired) electrons. The molecule has 0 bridgehead atoms. The number of methoxy groups -OCH3 is 1. The lowest BCUT2D eigenvalue weighted by Gasteiger charge is -2.07. The second kappa shape index (κ2) is 7.29. The minimum absolute atomic E-state index is 0.427. The third kappa shape index (κ3) is 4.09. The fourth-order valence-electron chi connectivity index (χ4n) is 1.75. The first-order valence-corrected chi connectivity index (χ1v) is 7.17. The number of halogens is 2. The van der Waals surface area contributed by atoms with Gasteiger partial charge in [-0.05, 0) is 42.3 Å². The summed E-state index contributed by atoms with van der Waals surface area (Å²) >= 11 is 11.9. The Morgan fingerprint density at radius 3 is 2.57 bits per heavy atom. The van der Waals surface area contributed by atoms with Crippen LogP contribution in [0.5, 0.6) is 5.75 Å². The van der Waals surface area contributed by atoms with Gasteiger partial charge in [-0.3, -0.25) is 5.43 Å². The summed E-state index contributed by atoms with van der Waals surface area (Å²) in [4.78, 5) is 4.10. The van der Waals surface area contributed by atoms with Crippen LogP contribution in [0.4, 0.5) is 5.82 Å². The molecule has 0 fully saturated rings. The first-order chi connectivity index (χ1) is 10.1. The monoisotopic (exact) mass is 323 g/mol. The van der Waals surface area contributed by atoms with Gasteiger partial charge < -0.3 is 4.74 Å². The zero-order chi connectivity index (χ0) is 15.2. The summed E-state index contributed by atoms with van der Waals surface area (Å²) in [6.45, 7) is 2.03. The number of rotatable bonds is 5. The fourth-order valence-corrected chi connectivity index (χ4v) is 2.17. The largest absolute Gasteiger partial charge is 0.497 e. The van der Waals surface area contributed by atoms with Gasteiger partial charge in [0.05, 0.1) is 22.9 Å². The van der Waals surface area contributed by atoms with Crippen molar-refractivity contribution in [2.45, 2.75) is 13.3 Å². The highest BCUT2D eigenvalue weighted by molar-refractivity contribution is 6.35. The van der Waals surface area contributed by atoms with Crippen LogP contribution in [0.1, 0.15) is 18.9 Å². The van der Waals surface area contributed by atoms with Crippen molar-refractivity contribution in [2.24, 2.45) is 5.10 Å². The fraction of sp³-hybridized carbons (Fsp3) is 0.200. The first-order valence-electron chi connectivity index (χ1n) is 6.42. The van der Waals surface area contributed by atoms with E-state index in [1.165, 1.54) is 6.20 Å². The van der Waals surface area contributed by atoms with Crippen molar-refractivity contribution in [1.82, 2.24) is 4.98 Å². The molecule has 0 aliphatic heterocycles. The maximum Gasteiger partial charge on any atom is 0.165 e. The number of benzene rings is 1. The molecule has 110 valence electrons. The van der Waals surface area contributed by atoms with Crippen molar-refractivity contribution in [3.05, 3.63) is 52.1 Å². The topological polar surface area (TPSA) is 46.5 Å². The van der Waals surface area contributed by atoms with Crippen LogP contribution in [-0.2, 0) is 0 Å². The van der Waals surface area contributed by atoms with E-state index in [0.717, 1.165) is 23.4 Å². The number of hydrogen-bond acceptors (Lipinski definition) is 4. The summed E-state index contributed by atoms with van der Waals surface area (Å²) in [5.74, 6) is 1.28. The predicted octanol–water partition coefficient (Wildman–Crippen LogP) is 4.62. The van der Waals surface area contributed by atoms with Gasteiger partial charge in [0.2, 0.25) is 0 Å². The second-order valence-corrected chi connectivity index (χ2v) is 5.08. The van der Waals surface area contributed by atoms with E-state index in [1.807, 2.05) is 31.2 Å². The van der Waals surface area contributed by atoms with Gasteiger partial charge in [0.25, 0.3) is 0 Å². The lowest BCUT2D eigenvalue weighted by atomic mass is 10.1.